The molecule has 21 heavy (non-hydrogen) atoms. The summed E-state index contributed by atoms with van der Waals surface area (Å²) in [5, 5.41) is 3.24. The Kier molecular flexibility index (Phi) is 4.41. The van der Waals surface area contributed by atoms with Gasteiger partial charge in [-0.05, 0) is 44.9 Å². The van der Waals surface area contributed by atoms with Crippen molar-refractivity contribution >= 4 is 17.8 Å². The summed E-state index contributed by atoms with van der Waals surface area (Å²) in [5.74, 6) is 3.16. The normalized spacial score (nSPS) is 18.7. The zero-order chi connectivity index (χ0) is 14.7. The largest absolute Gasteiger partial charge is 0.354 e. The Balaban J connectivity index is 1.81. The minimum Gasteiger partial charge on any atom is -0.354 e. The van der Waals surface area contributed by atoms with E-state index in [-0.39, 0.29) is 0 Å². The quantitative estimate of drug-likeness (QED) is 0.866. The van der Waals surface area contributed by atoms with E-state index in [9.17, 15) is 0 Å². The van der Waals surface area contributed by atoms with Crippen LogP contribution in [0.4, 0.5) is 17.8 Å². The number of hydrogen-bond acceptors (Lipinski definition) is 6. The lowest BCUT2D eigenvalue weighted by Crippen LogP contribution is -2.32. The first-order valence-electron chi connectivity index (χ1n) is 8.22. The van der Waals surface area contributed by atoms with Gasteiger partial charge in [-0.2, -0.15) is 15.0 Å². The Morgan fingerprint density at radius 3 is 2.57 bits per heavy atom. The Bertz CT molecular complexity index is 467. The molecule has 0 atom stereocenters. The molecule has 2 aliphatic rings. The molecule has 1 aromatic rings. The monoisotopic (exact) mass is 290 g/mol. The highest BCUT2D eigenvalue weighted by atomic mass is 15.4. The van der Waals surface area contributed by atoms with Crippen LogP contribution in [0.1, 0.15) is 39.0 Å². The fourth-order valence-electron chi connectivity index (χ4n) is 2.77. The maximum absolute atomic E-state index is 4.71. The fraction of sp³-hybridized carbons (Fsp3) is 0.800. The maximum Gasteiger partial charge on any atom is 0.231 e. The molecule has 1 saturated heterocycles. The SMILES string of the molecule is CCNc1nc(N(C)CC2CC2)nc(N2CCCCC2)n1. The predicted octanol–water partition coefficient (Wildman–Crippen LogP) is 2.14. The van der Waals surface area contributed by atoms with Gasteiger partial charge >= 0.3 is 0 Å². The number of aromatic nitrogens is 3. The first-order valence-corrected chi connectivity index (χ1v) is 8.22. The first-order chi connectivity index (χ1) is 10.3. The third kappa shape index (κ3) is 3.74. The lowest BCUT2D eigenvalue weighted by atomic mass is 10.1. The van der Waals surface area contributed by atoms with Gasteiger partial charge in [0.1, 0.15) is 0 Å². The predicted molar refractivity (Wildman–Crippen MR) is 86.0 cm³/mol. The molecule has 0 unspecified atom stereocenters. The third-order valence-corrected chi connectivity index (χ3v) is 4.16. The van der Waals surface area contributed by atoms with Crippen molar-refractivity contribution in [2.75, 3.05) is 48.3 Å². The van der Waals surface area contributed by atoms with E-state index in [0.717, 1.165) is 44.0 Å². The fourth-order valence-corrected chi connectivity index (χ4v) is 2.77. The Morgan fingerprint density at radius 2 is 1.90 bits per heavy atom. The number of piperidine rings is 1. The van der Waals surface area contributed by atoms with Gasteiger partial charge in [-0.3, -0.25) is 0 Å². The van der Waals surface area contributed by atoms with E-state index < -0.39 is 0 Å². The molecule has 2 heterocycles. The molecule has 0 bridgehead atoms. The average Bonchev–Trinajstić information content (AvgIpc) is 3.32. The van der Waals surface area contributed by atoms with E-state index in [1.807, 2.05) is 0 Å². The van der Waals surface area contributed by atoms with Crippen molar-refractivity contribution in [2.24, 2.45) is 5.92 Å². The van der Waals surface area contributed by atoms with Crippen molar-refractivity contribution in [3.63, 3.8) is 0 Å². The summed E-state index contributed by atoms with van der Waals surface area (Å²) >= 11 is 0. The minimum atomic E-state index is 0.700. The van der Waals surface area contributed by atoms with E-state index in [1.165, 1.54) is 32.1 Å². The molecule has 3 rings (SSSR count). The zero-order valence-corrected chi connectivity index (χ0v) is 13.2. The van der Waals surface area contributed by atoms with Crippen molar-refractivity contribution in [1.29, 1.82) is 0 Å². The van der Waals surface area contributed by atoms with E-state index in [0.29, 0.717) is 5.95 Å². The summed E-state index contributed by atoms with van der Waals surface area (Å²) < 4.78 is 0. The van der Waals surface area contributed by atoms with E-state index >= 15 is 0 Å². The van der Waals surface area contributed by atoms with Crippen LogP contribution in [0.5, 0.6) is 0 Å². The van der Waals surface area contributed by atoms with Crippen molar-refractivity contribution < 1.29 is 0 Å². The zero-order valence-electron chi connectivity index (χ0n) is 13.2. The van der Waals surface area contributed by atoms with Gasteiger partial charge in [0.05, 0.1) is 0 Å². The number of hydrogen-bond donors (Lipinski definition) is 1. The van der Waals surface area contributed by atoms with Gasteiger partial charge in [0.25, 0.3) is 0 Å². The van der Waals surface area contributed by atoms with Crippen molar-refractivity contribution in [3.05, 3.63) is 0 Å². The molecule has 1 aliphatic carbocycles. The van der Waals surface area contributed by atoms with Crippen LogP contribution in [0.15, 0.2) is 0 Å². The summed E-state index contributed by atoms with van der Waals surface area (Å²) in [7, 11) is 2.09. The van der Waals surface area contributed by atoms with Crippen LogP contribution >= 0.6 is 0 Å². The second-order valence-corrected chi connectivity index (χ2v) is 6.16. The Hall–Kier alpha value is -1.59. The van der Waals surface area contributed by atoms with Crippen molar-refractivity contribution in [2.45, 2.75) is 39.0 Å². The topological polar surface area (TPSA) is 57.2 Å². The van der Waals surface area contributed by atoms with Gasteiger partial charge in [-0.25, -0.2) is 0 Å². The van der Waals surface area contributed by atoms with Gasteiger partial charge in [0.2, 0.25) is 17.8 Å². The molecule has 0 aromatic carbocycles. The number of rotatable bonds is 6. The maximum atomic E-state index is 4.71. The van der Waals surface area contributed by atoms with E-state index in [4.69, 9.17) is 4.98 Å². The molecule has 1 aliphatic heterocycles. The summed E-state index contributed by atoms with van der Waals surface area (Å²) in [5.41, 5.74) is 0. The standard InChI is InChI=1S/C15H26N6/c1-3-16-13-17-14(20(2)11-12-7-8-12)19-15(18-13)21-9-5-4-6-10-21/h12H,3-11H2,1-2H3,(H,16,17,18,19). The van der Waals surface area contributed by atoms with Crippen LogP contribution in [0, 0.1) is 5.92 Å². The molecular formula is C15H26N6. The number of anilines is 3. The van der Waals surface area contributed by atoms with Crippen LogP contribution in [-0.2, 0) is 0 Å². The number of nitrogens with one attached hydrogen (secondary N) is 1. The highest BCUT2D eigenvalue weighted by Crippen LogP contribution is 2.30. The molecule has 2 fully saturated rings. The molecule has 116 valence electrons. The number of nitrogens with zero attached hydrogens (tertiary/aromatic N) is 5. The second kappa shape index (κ2) is 6.45. The van der Waals surface area contributed by atoms with Gasteiger partial charge in [-0.15, -0.1) is 0 Å². The summed E-state index contributed by atoms with van der Waals surface area (Å²) in [6, 6.07) is 0. The molecule has 0 spiro atoms. The lowest BCUT2D eigenvalue weighted by molar-refractivity contribution is 0.567. The van der Waals surface area contributed by atoms with Crippen molar-refractivity contribution in [1.82, 2.24) is 15.0 Å². The molecule has 0 radical (unpaired) electrons. The highest BCUT2D eigenvalue weighted by Gasteiger charge is 2.25. The summed E-state index contributed by atoms with van der Waals surface area (Å²) in [6.45, 7) is 6.06. The molecular weight excluding hydrogens is 264 g/mol. The summed E-state index contributed by atoms with van der Waals surface area (Å²) in [4.78, 5) is 18.3. The molecule has 6 nitrogen and oxygen atoms in total. The molecule has 6 heteroatoms. The Morgan fingerprint density at radius 1 is 1.14 bits per heavy atom. The summed E-state index contributed by atoms with van der Waals surface area (Å²) in [6.07, 6.45) is 6.46. The first kappa shape index (κ1) is 14.4. The van der Waals surface area contributed by atoms with Gasteiger partial charge < -0.3 is 15.1 Å². The van der Waals surface area contributed by atoms with Gasteiger partial charge in [0.15, 0.2) is 0 Å². The van der Waals surface area contributed by atoms with E-state index in [2.05, 4.69) is 39.1 Å². The van der Waals surface area contributed by atoms with Gasteiger partial charge in [0, 0.05) is 33.2 Å². The average molecular weight is 290 g/mol. The minimum absolute atomic E-state index is 0.700. The van der Waals surface area contributed by atoms with Crippen LogP contribution in [0.3, 0.4) is 0 Å². The second-order valence-electron chi connectivity index (χ2n) is 6.16. The van der Waals surface area contributed by atoms with Gasteiger partial charge in [-0.1, -0.05) is 0 Å². The lowest BCUT2D eigenvalue weighted by Gasteiger charge is -2.28. The highest BCUT2D eigenvalue weighted by molar-refractivity contribution is 5.45. The smallest absolute Gasteiger partial charge is 0.231 e. The molecule has 1 aromatic heterocycles. The third-order valence-electron chi connectivity index (χ3n) is 4.16. The van der Waals surface area contributed by atoms with Crippen LogP contribution in [-0.4, -0.2) is 48.2 Å². The van der Waals surface area contributed by atoms with Crippen LogP contribution < -0.4 is 15.1 Å². The molecule has 0 amide bonds. The molecule has 1 saturated carbocycles. The van der Waals surface area contributed by atoms with Crippen molar-refractivity contribution in [3.8, 4) is 0 Å². The molecule has 1 N–H and O–H groups in total. The Labute approximate surface area is 127 Å². The van der Waals surface area contributed by atoms with Crippen LogP contribution in [0.2, 0.25) is 0 Å². The van der Waals surface area contributed by atoms with E-state index in [1.54, 1.807) is 0 Å². The van der Waals surface area contributed by atoms with Crippen LogP contribution in [0.25, 0.3) is 0 Å².